The SMILES string of the molecule is Cc1nc(CNCc2cccc([N+](=O)[O-])c2F)oc1C. The molecule has 1 N–H and O–H groups in total. The summed E-state index contributed by atoms with van der Waals surface area (Å²) < 4.78 is 19.2. The number of nitro groups is 1. The van der Waals surface area contributed by atoms with Crippen LogP contribution >= 0.6 is 0 Å². The summed E-state index contributed by atoms with van der Waals surface area (Å²) in [4.78, 5) is 14.1. The molecule has 6 nitrogen and oxygen atoms in total. The number of nitrogens with one attached hydrogen (secondary N) is 1. The second kappa shape index (κ2) is 5.79. The van der Waals surface area contributed by atoms with Crippen LogP contribution in [0.5, 0.6) is 0 Å². The molecule has 106 valence electrons. The van der Waals surface area contributed by atoms with Gasteiger partial charge in [0.05, 0.1) is 17.2 Å². The number of aromatic nitrogens is 1. The standard InChI is InChI=1S/C13H14FN3O3/c1-8-9(2)20-12(16-8)7-15-6-10-4-3-5-11(13(10)14)17(18)19/h3-5,15H,6-7H2,1-2H3. The molecule has 0 unspecified atom stereocenters. The van der Waals surface area contributed by atoms with Crippen LogP contribution in [0.2, 0.25) is 0 Å². The van der Waals surface area contributed by atoms with Crippen LogP contribution in [0.1, 0.15) is 22.9 Å². The van der Waals surface area contributed by atoms with Crippen molar-refractivity contribution in [1.29, 1.82) is 0 Å². The minimum atomic E-state index is -0.815. The first kappa shape index (κ1) is 14.1. The highest BCUT2D eigenvalue weighted by molar-refractivity contribution is 5.36. The molecule has 2 aromatic rings. The Morgan fingerprint density at radius 2 is 2.15 bits per heavy atom. The van der Waals surface area contributed by atoms with Crippen molar-refractivity contribution < 1.29 is 13.7 Å². The van der Waals surface area contributed by atoms with Gasteiger partial charge in [-0.1, -0.05) is 12.1 Å². The number of halogens is 1. The molecule has 0 fully saturated rings. The fourth-order valence-electron chi connectivity index (χ4n) is 1.76. The van der Waals surface area contributed by atoms with E-state index < -0.39 is 16.4 Å². The van der Waals surface area contributed by atoms with Gasteiger partial charge < -0.3 is 9.73 Å². The molecule has 0 amide bonds. The third-order valence-electron chi connectivity index (χ3n) is 2.92. The number of aryl methyl sites for hydroxylation is 2. The molecule has 0 spiro atoms. The average Bonchev–Trinajstić information content (AvgIpc) is 2.70. The zero-order chi connectivity index (χ0) is 14.7. The highest BCUT2D eigenvalue weighted by Crippen LogP contribution is 2.20. The Kier molecular flexibility index (Phi) is 4.09. The first-order valence-corrected chi connectivity index (χ1v) is 6.04. The van der Waals surface area contributed by atoms with Crippen molar-refractivity contribution in [3.63, 3.8) is 0 Å². The lowest BCUT2D eigenvalue weighted by Crippen LogP contribution is -2.14. The van der Waals surface area contributed by atoms with Crippen LogP contribution in [-0.4, -0.2) is 9.91 Å². The van der Waals surface area contributed by atoms with Gasteiger partial charge in [0.2, 0.25) is 11.7 Å². The largest absolute Gasteiger partial charge is 0.444 e. The molecule has 20 heavy (non-hydrogen) atoms. The zero-order valence-electron chi connectivity index (χ0n) is 11.1. The Morgan fingerprint density at radius 3 is 2.75 bits per heavy atom. The summed E-state index contributed by atoms with van der Waals surface area (Å²) in [7, 11) is 0. The molecule has 0 radical (unpaired) electrons. The van der Waals surface area contributed by atoms with E-state index in [9.17, 15) is 14.5 Å². The Balaban J connectivity index is 2.01. The van der Waals surface area contributed by atoms with Crippen LogP contribution in [-0.2, 0) is 13.1 Å². The van der Waals surface area contributed by atoms with Crippen molar-refractivity contribution in [2.45, 2.75) is 26.9 Å². The highest BCUT2D eigenvalue weighted by atomic mass is 19.1. The number of benzene rings is 1. The summed E-state index contributed by atoms with van der Waals surface area (Å²) in [5.74, 6) is 0.430. The van der Waals surface area contributed by atoms with E-state index in [1.54, 1.807) is 0 Å². The second-order valence-corrected chi connectivity index (χ2v) is 4.36. The molecule has 0 aliphatic rings. The van der Waals surface area contributed by atoms with E-state index in [0.29, 0.717) is 12.4 Å². The number of hydrogen-bond donors (Lipinski definition) is 1. The molecule has 0 atom stereocenters. The fourth-order valence-corrected chi connectivity index (χ4v) is 1.76. The molecule has 2 rings (SSSR count). The van der Waals surface area contributed by atoms with Gasteiger partial charge in [0.1, 0.15) is 5.76 Å². The van der Waals surface area contributed by atoms with Crippen molar-refractivity contribution >= 4 is 5.69 Å². The Morgan fingerprint density at radius 1 is 1.40 bits per heavy atom. The van der Waals surface area contributed by atoms with Crippen LogP contribution in [0.3, 0.4) is 0 Å². The molecule has 7 heteroatoms. The summed E-state index contributed by atoms with van der Waals surface area (Å²) in [6, 6.07) is 4.10. The number of oxazole rings is 1. The summed E-state index contributed by atoms with van der Waals surface area (Å²) in [6.45, 7) is 4.14. The van der Waals surface area contributed by atoms with E-state index in [0.717, 1.165) is 17.5 Å². The number of nitrogens with zero attached hydrogens (tertiary/aromatic N) is 2. The minimum Gasteiger partial charge on any atom is -0.444 e. The van der Waals surface area contributed by atoms with Gasteiger partial charge >= 0.3 is 5.69 Å². The maximum Gasteiger partial charge on any atom is 0.305 e. The highest BCUT2D eigenvalue weighted by Gasteiger charge is 2.16. The normalized spacial score (nSPS) is 10.8. The molecular formula is C13H14FN3O3. The van der Waals surface area contributed by atoms with E-state index in [4.69, 9.17) is 4.42 Å². The van der Waals surface area contributed by atoms with Crippen molar-refractivity contribution in [3.8, 4) is 0 Å². The Hall–Kier alpha value is -2.28. The van der Waals surface area contributed by atoms with Crippen LogP contribution in [0.4, 0.5) is 10.1 Å². The number of hydrogen-bond acceptors (Lipinski definition) is 5. The van der Waals surface area contributed by atoms with Crippen LogP contribution in [0.25, 0.3) is 0 Å². The van der Waals surface area contributed by atoms with Crippen molar-refractivity contribution in [2.24, 2.45) is 0 Å². The summed E-state index contributed by atoms with van der Waals surface area (Å²) >= 11 is 0. The van der Waals surface area contributed by atoms with Gasteiger partial charge in [-0.25, -0.2) is 4.98 Å². The summed E-state index contributed by atoms with van der Waals surface area (Å²) in [5, 5.41) is 13.6. The average molecular weight is 279 g/mol. The molecule has 0 aliphatic heterocycles. The molecule has 0 aliphatic carbocycles. The van der Waals surface area contributed by atoms with E-state index in [-0.39, 0.29) is 12.1 Å². The molecule has 1 aromatic carbocycles. The third-order valence-corrected chi connectivity index (χ3v) is 2.92. The topological polar surface area (TPSA) is 81.2 Å². The predicted octanol–water partition coefficient (Wildman–Crippen LogP) is 2.63. The van der Waals surface area contributed by atoms with Crippen LogP contribution in [0, 0.1) is 29.8 Å². The predicted molar refractivity (Wildman–Crippen MR) is 69.6 cm³/mol. The molecule has 0 saturated carbocycles. The van der Waals surface area contributed by atoms with Gasteiger partial charge in [-0.3, -0.25) is 10.1 Å². The van der Waals surface area contributed by atoms with Gasteiger partial charge in [0.15, 0.2) is 0 Å². The van der Waals surface area contributed by atoms with E-state index in [1.807, 2.05) is 13.8 Å². The van der Waals surface area contributed by atoms with Gasteiger partial charge in [-0.05, 0) is 13.8 Å². The smallest absolute Gasteiger partial charge is 0.305 e. The maximum absolute atomic E-state index is 13.8. The minimum absolute atomic E-state index is 0.161. The molecule has 0 bridgehead atoms. The van der Waals surface area contributed by atoms with E-state index in [2.05, 4.69) is 10.3 Å². The Bertz CT molecular complexity index is 620. The maximum atomic E-state index is 13.8. The monoisotopic (exact) mass is 279 g/mol. The van der Waals surface area contributed by atoms with Crippen LogP contribution < -0.4 is 5.32 Å². The van der Waals surface area contributed by atoms with Gasteiger partial charge in [-0.15, -0.1) is 0 Å². The third kappa shape index (κ3) is 3.00. The quantitative estimate of drug-likeness (QED) is 0.672. The van der Waals surface area contributed by atoms with Gasteiger partial charge in [-0.2, -0.15) is 4.39 Å². The van der Waals surface area contributed by atoms with E-state index in [1.165, 1.54) is 12.1 Å². The van der Waals surface area contributed by atoms with Crippen molar-refractivity contribution in [1.82, 2.24) is 10.3 Å². The lowest BCUT2D eigenvalue weighted by atomic mass is 10.2. The lowest BCUT2D eigenvalue weighted by Gasteiger charge is -2.04. The van der Waals surface area contributed by atoms with Gasteiger partial charge in [0, 0.05) is 18.2 Å². The second-order valence-electron chi connectivity index (χ2n) is 4.36. The van der Waals surface area contributed by atoms with E-state index >= 15 is 0 Å². The first-order chi connectivity index (χ1) is 9.49. The molecule has 1 heterocycles. The Labute approximate surface area is 114 Å². The zero-order valence-corrected chi connectivity index (χ0v) is 11.1. The summed E-state index contributed by atoms with van der Waals surface area (Å²) in [5.41, 5.74) is 0.523. The van der Waals surface area contributed by atoms with Gasteiger partial charge in [0.25, 0.3) is 0 Å². The first-order valence-electron chi connectivity index (χ1n) is 6.04. The lowest BCUT2D eigenvalue weighted by molar-refractivity contribution is -0.387. The molecule has 0 saturated heterocycles. The molecule has 1 aromatic heterocycles. The van der Waals surface area contributed by atoms with Crippen molar-refractivity contribution in [2.75, 3.05) is 0 Å². The number of rotatable bonds is 5. The fraction of sp³-hybridized carbons (Fsp3) is 0.308. The van der Waals surface area contributed by atoms with Crippen LogP contribution in [0.15, 0.2) is 22.6 Å². The number of nitro benzene ring substituents is 1. The summed E-state index contributed by atoms with van der Waals surface area (Å²) in [6.07, 6.45) is 0. The molecular weight excluding hydrogens is 265 g/mol. The van der Waals surface area contributed by atoms with Crippen molar-refractivity contribution in [3.05, 3.63) is 57.0 Å².